The first-order valence-electron chi connectivity index (χ1n) is 6.66. The molecule has 1 heterocycles. The lowest BCUT2D eigenvalue weighted by Crippen LogP contribution is -2.26. The topological polar surface area (TPSA) is 12.0 Å². The van der Waals surface area contributed by atoms with E-state index >= 15 is 0 Å². The molecule has 2 aliphatic rings. The maximum absolute atomic E-state index is 3.73. The van der Waals surface area contributed by atoms with E-state index in [0.717, 1.165) is 0 Å². The van der Waals surface area contributed by atoms with Gasteiger partial charge in [-0.05, 0) is 30.2 Å². The van der Waals surface area contributed by atoms with Gasteiger partial charge < -0.3 is 5.32 Å². The molecule has 0 bridgehead atoms. The second-order valence-electron chi connectivity index (χ2n) is 5.61. The zero-order chi connectivity index (χ0) is 10.8. The van der Waals surface area contributed by atoms with Crippen molar-refractivity contribution >= 4 is 0 Å². The highest BCUT2D eigenvalue weighted by molar-refractivity contribution is 5.21. The number of hydrogen-bond acceptors (Lipinski definition) is 1. The predicted molar refractivity (Wildman–Crippen MR) is 67.3 cm³/mol. The van der Waals surface area contributed by atoms with Crippen LogP contribution in [0.25, 0.3) is 0 Å². The summed E-state index contributed by atoms with van der Waals surface area (Å²) in [6.45, 7) is 1.24. The quantitative estimate of drug-likeness (QED) is 0.753. The van der Waals surface area contributed by atoms with E-state index in [1.165, 1.54) is 50.6 Å². The molecule has 86 valence electrons. The normalized spacial score (nSPS) is 28.4. The van der Waals surface area contributed by atoms with E-state index in [1.54, 1.807) is 0 Å². The Morgan fingerprint density at radius 1 is 1.00 bits per heavy atom. The third kappa shape index (κ3) is 1.89. The van der Waals surface area contributed by atoms with E-state index in [2.05, 4.69) is 35.6 Å². The molecule has 1 heteroatoms. The van der Waals surface area contributed by atoms with Crippen LogP contribution in [0, 0.1) is 5.41 Å². The average Bonchev–Trinajstić information content (AvgIpc) is 2.75. The van der Waals surface area contributed by atoms with Gasteiger partial charge in [0.25, 0.3) is 0 Å². The summed E-state index contributed by atoms with van der Waals surface area (Å²) in [5.41, 5.74) is 2.11. The molecule has 0 aromatic heterocycles. The number of nitrogens with one attached hydrogen (secondary N) is 1. The number of hydrogen-bond donors (Lipinski definition) is 1. The molecule has 1 spiro atoms. The lowest BCUT2D eigenvalue weighted by atomic mass is 9.72. The van der Waals surface area contributed by atoms with Crippen LogP contribution >= 0.6 is 0 Å². The van der Waals surface area contributed by atoms with Crippen molar-refractivity contribution in [3.8, 4) is 0 Å². The number of rotatable bonds is 1. The molecule has 1 saturated heterocycles. The lowest BCUT2D eigenvalue weighted by molar-refractivity contribution is 0.211. The highest BCUT2D eigenvalue weighted by atomic mass is 15.0. The minimum atomic E-state index is 0.610. The van der Waals surface area contributed by atoms with E-state index in [9.17, 15) is 0 Å². The van der Waals surface area contributed by atoms with Crippen molar-refractivity contribution < 1.29 is 0 Å². The van der Waals surface area contributed by atoms with E-state index < -0.39 is 0 Å². The van der Waals surface area contributed by atoms with Gasteiger partial charge in [-0.1, -0.05) is 49.6 Å². The molecule has 1 aliphatic heterocycles. The Bertz CT molecular complexity index is 338. The second kappa shape index (κ2) is 4.21. The Morgan fingerprint density at radius 2 is 1.75 bits per heavy atom. The Hall–Kier alpha value is -0.820. The molecule has 0 amide bonds. The van der Waals surface area contributed by atoms with Crippen molar-refractivity contribution in [2.45, 2.75) is 44.6 Å². The molecule has 0 unspecified atom stereocenters. The van der Waals surface area contributed by atoms with Gasteiger partial charge in [-0.25, -0.2) is 0 Å². The van der Waals surface area contributed by atoms with Gasteiger partial charge in [0.2, 0.25) is 0 Å². The van der Waals surface area contributed by atoms with Crippen LogP contribution in [0.15, 0.2) is 30.3 Å². The second-order valence-corrected chi connectivity index (χ2v) is 5.61. The lowest BCUT2D eigenvalue weighted by Gasteiger charge is -2.32. The van der Waals surface area contributed by atoms with Gasteiger partial charge in [0.1, 0.15) is 0 Å². The van der Waals surface area contributed by atoms with Crippen LogP contribution in [-0.2, 0) is 0 Å². The van der Waals surface area contributed by atoms with Crippen molar-refractivity contribution in [3.63, 3.8) is 0 Å². The predicted octanol–water partition coefficient (Wildman–Crippen LogP) is 3.67. The molecule has 16 heavy (non-hydrogen) atoms. The van der Waals surface area contributed by atoms with Crippen molar-refractivity contribution in [1.29, 1.82) is 0 Å². The monoisotopic (exact) mass is 215 g/mol. The third-order valence-electron chi connectivity index (χ3n) is 4.48. The smallest absolute Gasteiger partial charge is 0.0326 e. The van der Waals surface area contributed by atoms with Gasteiger partial charge in [0, 0.05) is 12.6 Å². The summed E-state index contributed by atoms with van der Waals surface area (Å²) in [6, 6.07) is 11.6. The summed E-state index contributed by atoms with van der Waals surface area (Å²) >= 11 is 0. The molecule has 1 N–H and O–H groups in total. The summed E-state index contributed by atoms with van der Waals surface area (Å²) in [4.78, 5) is 0. The molecule has 1 aliphatic carbocycles. The minimum absolute atomic E-state index is 0.610. The third-order valence-corrected chi connectivity index (χ3v) is 4.48. The highest BCUT2D eigenvalue weighted by Gasteiger charge is 2.39. The van der Waals surface area contributed by atoms with Crippen molar-refractivity contribution in [3.05, 3.63) is 35.9 Å². The molecule has 0 radical (unpaired) electrons. The summed E-state index contributed by atoms with van der Waals surface area (Å²) in [7, 11) is 0. The highest BCUT2D eigenvalue weighted by Crippen LogP contribution is 2.46. The van der Waals surface area contributed by atoms with Crippen LogP contribution in [0.2, 0.25) is 0 Å². The molecule has 1 nitrogen and oxygen atoms in total. The molecule has 2 fully saturated rings. The summed E-state index contributed by atoms with van der Waals surface area (Å²) < 4.78 is 0. The molecule has 3 rings (SSSR count). The van der Waals surface area contributed by atoms with Gasteiger partial charge in [-0.15, -0.1) is 0 Å². The summed E-state index contributed by atoms with van der Waals surface area (Å²) in [6.07, 6.45) is 8.60. The molecule has 1 aromatic carbocycles. The maximum Gasteiger partial charge on any atom is 0.0326 e. The first-order chi connectivity index (χ1) is 7.88. The molecule has 1 aromatic rings. The first-order valence-corrected chi connectivity index (χ1v) is 6.66. The molecule has 1 atom stereocenters. The Kier molecular flexibility index (Phi) is 2.72. The zero-order valence-electron chi connectivity index (χ0n) is 9.91. The van der Waals surface area contributed by atoms with Gasteiger partial charge in [-0.2, -0.15) is 0 Å². The SMILES string of the molecule is c1ccc([C@@H]2CC3(CCCCC3)CN2)cc1. The Morgan fingerprint density at radius 3 is 2.50 bits per heavy atom. The van der Waals surface area contributed by atoms with Crippen LogP contribution in [0.5, 0.6) is 0 Å². The van der Waals surface area contributed by atoms with Gasteiger partial charge in [0.05, 0.1) is 0 Å². The van der Waals surface area contributed by atoms with Crippen molar-refractivity contribution in [2.24, 2.45) is 5.41 Å². The molecule has 1 saturated carbocycles. The standard InChI is InChI=1S/C15H21N/c1-3-7-13(8-4-1)14-11-15(12-16-14)9-5-2-6-10-15/h1,3-4,7-8,14,16H,2,5-6,9-12H2/t14-/m0/s1. The van der Waals surface area contributed by atoms with Crippen LogP contribution in [0.3, 0.4) is 0 Å². The largest absolute Gasteiger partial charge is 0.309 e. The van der Waals surface area contributed by atoms with Crippen LogP contribution in [0.4, 0.5) is 0 Å². The Labute approximate surface area is 98.3 Å². The van der Waals surface area contributed by atoms with Crippen LogP contribution in [-0.4, -0.2) is 6.54 Å². The van der Waals surface area contributed by atoms with Crippen LogP contribution < -0.4 is 5.32 Å². The zero-order valence-corrected chi connectivity index (χ0v) is 9.91. The van der Waals surface area contributed by atoms with Gasteiger partial charge in [-0.3, -0.25) is 0 Å². The molecular weight excluding hydrogens is 194 g/mol. The summed E-state index contributed by atoms with van der Waals surface area (Å²) in [5, 5.41) is 3.73. The average molecular weight is 215 g/mol. The van der Waals surface area contributed by atoms with Gasteiger partial charge in [0.15, 0.2) is 0 Å². The molecular formula is C15H21N. The van der Waals surface area contributed by atoms with Crippen molar-refractivity contribution in [2.75, 3.05) is 6.54 Å². The number of benzene rings is 1. The van der Waals surface area contributed by atoms with E-state index in [0.29, 0.717) is 11.5 Å². The van der Waals surface area contributed by atoms with Crippen LogP contribution in [0.1, 0.15) is 50.1 Å². The van der Waals surface area contributed by atoms with Crippen molar-refractivity contribution in [1.82, 2.24) is 5.32 Å². The minimum Gasteiger partial charge on any atom is -0.309 e. The summed E-state index contributed by atoms with van der Waals surface area (Å²) in [5.74, 6) is 0. The Balaban J connectivity index is 1.73. The fraction of sp³-hybridized carbons (Fsp3) is 0.600. The fourth-order valence-corrected chi connectivity index (χ4v) is 3.52. The van der Waals surface area contributed by atoms with E-state index in [-0.39, 0.29) is 0 Å². The van der Waals surface area contributed by atoms with Gasteiger partial charge >= 0.3 is 0 Å². The fourth-order valence-electron chi connectivity index (χ4n) is 3.52. The maximum atomic E-state index is 3.73. The van der Waals surface area contributed by atoms with E-state index in [1.807, 2.05) is 0 Å². The first kappa shape index (κ1) is 10.3. The van der Waals surface area contributed by atoms with E-state index in [4.69, 9.17) is 0 Å².